The van der Waals surface area contributed by atoms with E-state index in [0.29, 0.717) is 191 Å². The number of halogens is 5. The summed E-state index contributed by atoms with van der Waals surface area (Å²) in [6, 6.07) is 69.1. The first-order valence-corrected chi connectivity index (χ1v) is 50.9. The van der Waals surface area contributed by atoms with Crippen molar-refractivity contribution in [1.82, 2.24) is 100 Å². The van der Waals surface area contributed by atoms with Crippen LogP contribution in [0, 0.1) is 6.92 Å². The van der Waals surface area contributed by atoms with Crippen LogP contribution in [0.3, 0.4) is 0 Å². The quantitative estimate of drug-likeness (QED) is 0.0833. The lowest BCUT2D eigenvalue weighted by atomic mass is 9.86. The molecular weight excluding hydrogens is 1980 g/mol. The van der Waals surface area contributed by atoms with Gasteiger partial charge in [-0.1, -0.05) is 168 Å². The van der Waals surface area contributed by atoms with Gasteiger partial charge in [-0.05, 0) is 199 Å². The fraction of sp³-hybridized carbons (Fsp3) is 0.279. The number of benzene rings is 6. The van der Waals surface area contributed by atoms with Gasteiger partial charge in [0.15, 0.2) is 29.3 Å². The van der Waals surface area contributed by atoms with Crippen LogP contribution in [0.15, 0.2) is 285 Å². The van der Waals surface area contributed by atoms with E-state index in [4.69, 9.17) is 67.2 Å². The number of hydrogen-bond acceptors (Lipinski definition) is 18. The van der Waals surface area contributed by atoms with Crippen LogP contribution in [-0.4, -0.2) is 224 Å². The molecule has 5 atom stereocenters. The van der Waals surface area contributed by atoms with E-state index in [1.165, 1.54) is 12.0 Å². The van der Waals surface area contributed by atoms with Crippen molar-refractivity contribution in [3.63, 3.8) is 0 Å². The van der Waals surface area contributed by atoms with Crippen molar-refractivity contribution in [2.75, 3.05) is 79.1 Å². The molecule has 5 unspecified atom stereocenters. The Hall–Kier alpha value is -15.4. The molecule has 754 valence electrons. The first-order chi connectivity index (χ1) is 71.8. The molecule has 11 aliphatic rings. The molecule has 1 aliphatic carbocycles. The van der Waals surface area contributed by atoms with E-state index >= 15 is 0 Å². The first kappa shape index (κ1) is 100.0. The van der Waals surface area contributed by atoms with E-state index in [1.54, 1.807) is 223 Å². The lowest BCUT2D eigenvalue weighted by molar-refractivity contribution is -0.141. The zero-order valence-electron chi connectivity index (χ0n) is 80.8. The molecule has 4 N–H and O–H groups in total. The standard InChI is InChI=1S/C25H23ClN4O2.C23H19ClN4O3.C23H25ClN4O2.C22H19ClN4O3.C18H17ClN4O2/c1-17-4-6-18(7-5-17)16-28-24(32)30-14-13-29-23(31)21-3-2-12-27-22(21)15-25(29,30)19-8-10-20(26)11-9-19;24-17-7-5-16(6-8-17)23-13-20-19(4-2-10-26-20)22(30)28(23)12-11-27(23)21(29)15-31-18-3-1-9-25-14-18;24-17-10-8-16(9-11-17)23-15-20-19(7-4-12-25-20)21(29)27(23)13-14-28(23)22(30)26-18-5-2-1-3-6-18;23-16-7-5-15(6-8-16)22-13-19-18(4-1-9-24-19)20(28)26(22)10-11-27(22)21(29)25-14-17-3-2-12-30-17;1-20-17(25)23-10-9-22-16(24)14-3-2-8-21-15(14)11-18(22,23)12-4-6-13(19)7-5-12/h2-12H,13-16H2,1H3,(H,28,32);1-10,14H,11-13,15H2;4,7-12,18H,1-3,5-6,13-15H2,(H,26,30);1-9,12H,10-11,13-14H2,(H,25,29);2-8H,9-11H2,1H3,(H,20,25). The summed E-state index contributed by atoms with van der Waals surface area (Å²) in [6.45, 7) is 7.02. The number of furan rings is 1. The molecule has 6 fully saturated rings. The molecule has 0 bridgehead atoms. The molecule has 32 nitrogen and oxygen atoms in total. The van der Waals surface area contributed by atoms with Crippen molar-refractivity contribution < 1.29 is 57.1 Å². The number of pyridine rings is 6. The molecule has 13 aromatic rings. The number of aryl methyl sites for hydroxylation is 1. The van der Waals surface area contributed by atoms with E-state index in [-0.39, 0.29) is 78.8 Å². The van der Waals surface area contributed by atoms with Crippen LogP contribution in [0.1, 0.15) is 157 Å². The van der Waals surface area contributed by atoms with Crippen molar-refractivity contribution in [3.8, 4) is 5.75 Å². The monoisotopic (exact) mass is 2080 g/mol. The molecule has 148 heavy (non-hydrogen) atoms. The number of nitrogens with zero attached hydrogens (tertiary/aromatic N) is 16. The van der Waals surface area contributed by atoms with E-state index in [9.17, 15) is 47.9 Å². The number of ether oxygens (including phenoxy) is 1. The number of rotatable bonds is 13. The summed E-state index contributed by atoms with van der Waals surface area (Å²) in [7, 11) is 1.59. The van der Waals surface area contributed by atoms with Gasteiger partial charge < -0.3 is 59.8 Å². The van der Waals surface area contributed by atoms with Gasteiger partial charge in [0, 0.05) is 179 Å². The number of carbonyl (C=O) groups is 10. The van der Waals surface area contributed by atoms with E-state index < -0.39 is 28.3 Å². The third kappa shape index (κ3) is 18.6. The minimum Gasteiger partial charge on any atom is -0.482 e. The van der Waals surface area contributed by atoms with Crippen molar-refractivity contribution in [3.05, 3.63) is 406 Å². The van der Waals surface area contributed by atoms with Crippen molar-refractivity contribution in [2.24, 2.45) is 0 Å². The van der Waals surface area contributed by atoms with Crippen LogP contribution >= 0.6 is 58.0 Å². The molecule has 6 aromatic carbocycles. The van der Waals surface area contributed by atoms with Crippen LogP contribution in [0.5, 0.6) is 5.75 Å². The summed E-state index contributed by atoms with van der Waals surface area (Å²) in [6.07, 6.45) is 20.9. The maximum atomic E-state index is 13.5. The van der Waals surface area contributed by atoms with Gasteiger partial charge in [0.25, 0.3) is 35.4 Å². The summed E-state index contributed by atoms with van der Waals surface area (Å²) >= 11 is 30.6. The van der Waals surface area contributed by atoms with Gasteiger partial charge in [-0.3, -0.25) is 78.3 Å². The molecule has 14 amide bonds. The summed E-state index contributed by atoms with van der Waals surface area (Å²) in [5.41, 5.74) is 8.21. The summed E-state index contributed by atoms with van der Waals surface area (Å²) < 4.78 is 11.0. The molecule has 0 radical (unpaired) electrons. The van der Waals surface area contributed by atoms with Gasteiger partial charge in [0.1, 0.15) is 17.2 Å². The molecule has 7 aromatic heterocycles. The Labute approximate surface area is 878 Å². The number of carbonyl (C=O) groups excluding carboxylic acids is 10. The van der Waals surface area contributed by atoms with Crippen molar-refractivity contribution in [1.29, 1.82) is 0 Å². The third-order valence-electron chi connectivity index (χ3n) is 29.6. The fourth-order valence-corrected chi connectivity index (χ4v) is 23.3. The molecular formula is C111H103Cl5N20O12. The van der Waals surface area contributed by atoms with Gasteiger partial charge in [0.05, 0.1) is 75.3 Å². The number of amides is 14. The zero-order valence-corrected chi connectivity index (χ0v) is 84.6. The molecule has 24 rings (SSSR count). The zero-order chi connectivity index (χ0) is 103. The number of aromatic nitrogens is 6. The highest BCUT2D eigenvalue weighted by Gasteiger charge is 2.62. The second kappa shape index (κ2) is 42.2. The van der Waals surface area contributed by atoms with Crippen molar-refractivity contribution in [2.45, 2.75) is 119 Å². The number of hydrogen-bond donors (Lipinski definition) is 4. The Morgan fingerprint density at radius 2 is 0.676 bits per heavy atom. The summed E-state index contributed by atoms with van der Waals surface area (Å²) in [5, 5.41) is 14.9. The summed E-state index contributed by atoms with van der Waals surface area (Å²) in [4.78, 5) is 177. The second-order valence-electron chi connectivity index (χ2n) is 37.6. The van der Waals surface area contributed by atoms with Gasteiger partial charge in [0.2, 0.25) is 0 Å². The molecule has 1 saturated carbocycles. The predicted molar refractivity (Wildman–Crippen MR) is 553 cm³/mol. The Morgan fingerprint density at radius 3 is 1.00 bits per heavy atom. The van der Waals surface area contributed by atoms with E-state index in [2.05, 4.69) is 51.2 Å². The minimum absolute atomic E-state index is 0.0766. The maximum Gasteiger partial charge on any atom is 0.319 e. The Morgan fingerprint density at radius 1 is 0.358 bits per heavy atom. The van der Waals surface area contributed by atoms with Gasteiger partial charge in [-0.2, -0.15) is 0 Å². The Balaban J connectivity index is 0.000000112. The third-order valence-corrected chi connectivity index (χ3v) is 30.9. The largest absolute Gasteiger partial charge is 0.482 e. The molecule has 17 heterocycles. The molecule has 0 spiro atoms. The second-order valence-corrected chi connectivity index (χ2v) is 39.8. The normalized spacial score (nSPS) is 20.9. The highest BCUT2D eigenvalue weighted by molar-refractivity contribution is 6.32. The van der Waals surface area contributed by atoms with Crippen LogP contribution in [0.4, 0.5) is 19.2 Å². The molecule has 37 heteroatoms. The number of urea groups is 4. The maximum absolute atomic E-state index is 13.5. The van der Waals surface area contributed by atoms with E-state index in [0.717, 1.165) is 64.8 Å². The lowest BCUT2D eigenvalue weighted by Crippen LogP contribution is -2.61. The SMILES string of the molecule is CNC(=O)N1CCN2C(=O)c3cccnc3CC12c1ccc(Cl)cc1.Cc1ccc(CNC(=O)N2CCN3C(=O)c4cccnc4CC23c2ccc(Cl)cc2)cc1.O=C(COc1cccnc1)N1CCN2C(=O)c3cccnc3CC12c1ccc(Cl)cc1.O=C(NC1CCCCC1)N1CCN2C(=O)c3cccnc3CC12c1ccc(Cl)cc1.O=C(NCc1ccco1)N1CCN2C(=O)c3cccnc3CC12c1ccc(Cl)cc1. The van der Waals surface area contributed by atoms with Gasteiger partial charge >= 0.3 is 24.1 Å². The highest BCUT2D eigenvalue weighted by atomic mass is 35.5. The average molecular weight is 2090 g/mol. The number of nitrogens with one attached hydrogen (secondary N) is 4. The minimum atomic E-state index is -0.974. The summed E-state index contributed by atoms with van der Waals surface area (Å²) in [5.74, 6) is 0.416. The first-order valence-electron chi connectivity index (χ1n) is 49.0. The predicted octanol–water partition coefficient (Wildman–Crippen LogP) is 16.6. The van der Waals surface area contributed by atoms with Gasteiger partial charge in [-0.15, -0.1) is 0 Å². The Kier molecular flexibility index (Phi) is 28.5. The van der Waals surface area contributed by atoms with E-state index in [1.807, 2.05) is 120 Å². The fourth-order valence-electron chi connectivity index (χ4n) is 22.6. The lowest BCUT2D eigenvalue weighted by Gasteiger charge is -2.47. The molecule has 5 saturated heterocycles. The topological polar surface area (TPSA) is 351 Å². The average Bonchev–Trinajstić information content (AvgIpc) is 1.56. The Bertz CT molecular complexity index is 7210. The van der Waals surface area contributed by atoms with Crippen LogP contribution in [0.25, 0.3) is 0 Å². The van der Waals surface area contributed by atoms with Crippen LogP contribution < -0.4 is 26.0 Å². The number of fused-ring (bicyclic) bond motifs is 10. The smallest absolute Gasteiger partial charge is 0.319 e. The van der Waals surface area contributed by atoms with Crippen LogP contribution in [-0.2, 0) is 78.3 Å². The van der Waals surface area contributed by atoms with Gasteiger partial charge in [-0.25, -0.2) is 19.2 Å². The molecule has 10 aliphatic heterocycles. The highest BCUT2D eigenvalue weighted by Crippen LogP contribution is 2.52. The van der Waals surface area contributed by atoms with Crippen LogP contribution in [0.2, 0.25) is 25.1 Å². The van der Waals surface area contributed by atoms with Crippen molar-refractivity contribution >= 4 is 118 Å².